The maximum atomic E-state index is 12.6. The van der Waals surface area contributed by atoms with Gasteiger partial charge < -0.3 is 15.0 Å². The molecule has 3 rings (SSSR count). The monoisotopic (exact) mass is 379 g/mol. The van der Waals surface area contributed by atoms with Crippen molar-refractivity contribution in [1.29, 1.82) is 0 Å². The van der Waals surface area contributed by atoms with Crippen molar-refractivity contribution in [2.24, 2.45) is 5.92 Å². The highest BCUT2D eigenvalue weighted by molar-refractivity contribution is 6.30. The molecule has 0 spiro atoms. The number of nitrogens with zero attached hydrogens (tertiary/aromatic N) is 1. The van der Waals surface area contributed by atoms with Crippen LogP contribution in [0, 0.1) is 5.92 Å². The number of hydrogen-bond acceptors (Lipinski definition) is 4. The van der Waals surface area contributed by atoms with E-state index in [1.165, 1.54) is 0 Å². The van der Waals surface area contributed by atoms with E-state index in [0.29, 0.717) is 37.1 Å². The predicted octanol–water partition coefficient (Wildman–Crippen LogP) is 1.95. The number of piperidine rings is 1. The van der Waals surface area contributed by atoms with E-state index in [1.807, 2.05) is 12.1 Å². The maximum absolute atomic E-state index is 12.6. The van der Waals surface area contributed by atoms with Crippen LogP contribution in [-0.2, 0) is 9.59 Å². The van der Waals surface area contributed by atoms with Gasteiger partial charge in [0, 0.05) is 24.5 Å². The van der Waals surface area contributed by atoms with Gasteiger partial charge in [0.05, 0.1) is 6.61 Å². The smallest absolute Gasteiger partial charge is 0.322 e. The first kappa shape index (κ1) is 18.5. The highest BCUT2D eigenvalue weighted by atomic mass is 35.5. The molecule has 4 amide bonds. The van der Waals surface area contributed by atoms with Gasteiger partial charge in [0.2, 0.25) is 11.8 Å². The Hall–Kier alpha value is -2.28. The Kier molecular flexibility index (Phi) is 5.98. The second kappa shape index (κ2) is 8.40. The minimum atomic E-state index is -0.636. The molecule has 7 nitrogen and oxygen atoms in total. The zero-order chi connectivity index (χ0) is 18.5. The number of amides is 4. The van der Waals surface area contributed by atoms with Gasteiger partial charge in [-0.15, -0.1) is 0 Å². The van der Waals surface area contributed by atoms with Gasteiger partial charge in [-0.1, -0.05) is 11.6 Å². The maximum Gasteiger partial charge on any atom is 0.322 e. The summed E-state index contributed by atoms with van der Waals surface area (Å²) in [5.41, 5.74) is 0. The molecule has 0 aromatic heterocycles. The van der Waals surface area contributed by atoms with E-state index in [9.17, 15) is 14.4 Å². The molecule has 2 aliphatic rings. The molecule has 0 bridgehead atoms. The number of carbonyl (C=O) groups excluding carboxylic acids is 3. The number of imide groups is 1. The molecule has 1 aromatic rings. The van der Waals surface area contributed by atoms with Gasteiger partial charge in [-0.05, 0) is 49.4 Å². The van der Waals surface area contributed by atoms with Gasteiger partial charge in [0.1, 0.15) is 11.8 Å². The predicted molar refractivity (Wildman–Crippen MR) is 95.9 cm³/mol. The van der Waals surface area contributed by atoms with Crippen molar-refractivity contribution in [3.05, 3.63) is 29.3 Å². The lowest BCUT2D eigenvalue weighted by molar-refractivity contribution is -0.134. The Morgan fingerprint density at radius 3 is 2.54 bits per heavy atom. The number of ether oxygens (including phenoxy) is 1. The van der Waals surface area contributed by atoms with Gasteiger partial charge in [-0.3, -0.25) is 14.9 Å². The quantitative estimate of drug-likeness (QED) is 0.836. The van der Waals surface area contributed by atoms with Crippen LogP contribution in [0.15, 0.2) is 24.3 Å². The Labute approximate surface area is 157 Å². The molecule has 0 unspecified atom stereocenters. The molecular formula is C18H22ClN3O4. The van der Waals surface area contributed by atoms with Crippen LogP contribution in [0.3, 0.4) is 0 Å². The molecule has 0 saturated carbocycles. The van der Waals surface area contributed by atoms with E-state index in [-0.39, 0.29) is 18.2 Å². The third-order valence-electron chi connectivity index (χ3n) is 4.74. The van der Waals surface area contributed by atoms with Crippen LogP contribution in [0.25, 0.3) is 0 Å². The van der Waals surface area contributed by atoms with Crippen LogP contribution in [0.2, 0.25) is 5.02 Å². The van der Waals surface area contributed by atoms with Gasteiger partial charge in [0.15, 0.2) is 0 Å². The van der Waals surface area contributed by atoms with Gasteiger partial charge >= 0.3 is 6.03 Å². The minimum absolute atomic E-state index is 0.119. The summed E-state index contributed by atoms with van der Waals surface area (Å²) < 4.78 is 5.79. The van der Waals surface area contributed by atoms with E-state index in [4.69, 9.17) is 16.3 Å². The number of carbonyl (C=O) groups is 3. The lowest BCUT2D eigenvalue weighted by Gasteiger charge is -2.34. The van der Waals surface area contributed by atoms with Crippen molar-refractivity contribution < 1.29 is 19.1 Å². The first-order valence-electron chi connectivity index (χ1n) is 8.79. The van der Waals surface area contributed by atoms with Crippen molar-refractivity contribution in [1.82, 2.24) is 15.5 Å². The van der Waals surface area contributed by atoms with Crippen molar-refractivity contribution in [2.45, 2.75) is 31.7 Å². The first-order chi connectivity index (χ1) is 12.5. The van der Waals surface area contributed by atoms with Gasteiger partial charge in [0.25, 0.3) is 0 Å². The molecule has 0 aliphatic carbocycles. The molecule has 2 heterocycles. The Morgan fingerprint density at radius 2 is 1.85 bits per heavy atom. The van der Waals surface area contributed by atoms with Crippen LogP contribution >= 0.6 is 11.6 Å². The van der Waals surface area contributed by atoms with E-state index in [1.54, 1.807) is 17.0 Å². The summed E-state index contributed by atoms with van der Waals surface area (Å²) in [4.78, 5) is 37.3. The summed E-state index contributed by atoms with van der Waals surface area (Å²) in [5.74, 6) is 0.690. The van der Waals surface area contributed by atoms with Crippen molar-refractivity contribution in [3.63, 3.8) is 0 Å². The molecule has 140 valence electrons. The highest BCUT2D eigenvalue weighted by Crippen LogP contribution is 2.21. The summed E-state index contributed by atoms with van der Waals surface area (Å²) in [7, 11) is 0. The van der Waals surface area contributed by atoms with Crippen LogP contribution in [0.4, 0.5) is 4.79 Å². The topological polar surface area (TPSA) is 87.7 Å². The number of likely N-dealkylation sites (tertiary alicyclic amines) is 1. The summed E-state index contributed by atoms with van der Waals surface area (Å²) >= 11 is 5.86. The lowest BCUT2D eigenvalue weighted by atomic mass is 9.97. The van der Waals surface area contributed by atoms with Crippen LogP contribution < -0.4 is 15.4 Å². The third kappa shape index (κ3) is 4.88. The largest absolute Gasteiger partial charge is 0.493 e. The summed E-state index contributed by atoms with van der Waals surface area (Å²) in [6, 6.07) is 6.02. The lowest BCUT2D eigenvalue weighted by Crippen LogP contribution is -2.51. The fourth-order valence-electron chi connectivity index (χ4n) is 3.20. The molecule has 1 aromatic carbocycles. The molecule has 26 heavy (non-hydrogen) atoms. The van der Waals surface area contributed by atoms with Crippen LogP contribution in [0.1, 0.15) is 25.7 Å². The number of rotatable bonds is 4. The highest BCUT2D eigenvalue weighted by Gasteiger charge is 2.31. The third-order valence-corrected chi connectivity index (χ3v) is 4.99. The van der Waals surface area contributed by atoms with E-state index in [0.717, 1.165) is 18.6 Å². The molecule has 1 atom stereocenters. The SMILES string of the molecule is O=C1CC[C@H](C(=O)N2CCC(COc3ccc(Cl)cc3)CC2)NC(=O)N1. The molecule has 8 heteroatoms. The molecule has 2 saturated heterocycles. The summed E-state index contributed by atoms with van der Waals surface area (Å²) in [6.07, 6.45) is 2.19. The Morgan fingerprint density at radius 1 is 1.15 bits per heavy atom. The summed E-state index contributed by atoms with van der Waals surface area (Å²) in [5, 5.41) is 5.43. The number of urea groups is 1. The molecule has 2 fully saturated rings. The molecule has 0 radical (unpaired) electrons. The number of benzene rings is 1. The molecule has 2 aliphatic heterocycles. The van der Waals surface area contributed by atoms with Gasteiger partial charge in [-0.2, -0.15) is 0 Å². The standard InChI is InChI=1S/C18H22ClN3O4/c19-13-1-3-14(4-2-13)26-11-12-7-9-22(10-8-12)17(24)15-5-6-16(23)21-18(25)20-15/h1-4,12,15H,5-11H2,(H2,20,21,23,25)/t15-/m1/s1. The van der Waals surface area contributed by atoms with Crippen molar-refractivity contribution in [3.8, 4) is 5.75 Å². The average molecular weight is 380 g/mol. The zero-order valence-electron chi connectivity index (χ0n) is 14.4. The second-order valence-electron chi connectivity index (χ2n) is 6.65. The first-order valence-corrected chi connectivity index (χ1v) is 9.16. The fourth-order valence-corrected chi connectivity index (χ4v) is 3.33. The fraction of sp³-hybridized carbons (Fsp3) is 0.500. The Balaban J connectivity index is 1.45. The number of nitrogens with one attached hydrogen (secondary N) is 2. The van der Waals surface area contributed by atoms with Gasteiger partial charge in [-0.25, -0.2) is 4.79 Å². The van der Waals surface area contributed by atoms with Crippen LogP contribution in [-0.4, -0.2) is 48.5 Å². The van der Waals surface area contributed by atoms with Crippen molar-refractivity contribution in [2.75, 3.05) is 19.7 Å². The average Bonchev–Trinajstić information content (AvgIpc) is 2.81. The van der Waals surface area contributed by atoms with E-state index >= 15 is 0 Å². The number of hydrogen-bond donors (Lipinski definition) is 2. The normalized spacial score (nSPS) is 21.6. The summed E-state index contributed by atoms with van der Waals surface area (Å²) in [6.45, 7) is 1.85. The molecular weight excluding hydrogens is 358 g/mol. The Bertz CT molecular complexity index is 672. The van der Waals surface area contributed by atoms with E-state index < -0.39 is 12.1 Å². The van der Waals surface area contributed by atoms with Crippen LogP contribution in [0.5, 0.6) is 5.75 Å². The van der Waals surface area contributed by atoms with Crippen molar-refractivity contribution >= 4 is 29.4 Å². The number of halogens is 1. The van der Waals surface area contributed by atoms with E-state index in [2.05, 4.69) is 10.6 Å². The zero-order valence-corrected chi connectivity index (χ0v) is 15.1. The minimum Gasteiger partial charge on any atom is -0.493 e. The molecule has 2 N–H and O–H groups in total. The second-order valence-corrected chi connectivity index (χ2v) is 7.08.